The first kappa shape index (κ1) is 17.5. The van der Waals surface area contributed by atoms with E-state index < -0.39 is 8.32 Å². The van der Waals surface area contributed by atoms with Crippen molar-refractivity contribution in [3.05, 3.63) is 60.7 Å². The number of rotatable bonds is 7. The van der Waals surface area contributed by atoms with Crippen LogP contribution in [0, 0.1) is 0 Å². The predicted molar refractivity (Wildman–Crippen MR) is 102 cm³/mol. The van der Waals surface area contributed by atoms with E-state index in [1.165, 1.54) is 0 Å². The van der Waals surface area contributed by atoms with E-state index >= 15 is 0 Å². The number of halogens is 1. The molecule has 0 amide bonds. The van der Waals surface area contributed by atoms with E-state index in [1.54, 1.807) is 0 Å². The Morgan fingerprint density at radius 1 is 0.864 bits per heavy atom. The van der Waals surface area contributed by atoms with E-state index in [9.17, 15) is 4.80 Å². The van der Waals surface area contributed by atoms with Gasteiger partial charge in [0, 0.05) is 5.33 Å². The highest BCUT2D eigenvalue weighted by Gasteiger charge is 2.49. The molecule has 0 radical (unpaired) electrons. The van der Waals surface area contributed by atoms with Crippen LogP contribution in [0.4, 0.5) is 0 Å². The van der Waals surface area contributed by atoms with Gasteiger partial charge in [-0.15, -0.1) is 0 Å². The number of alkyl halides is 1. The van der Waals surface area contributed by atoms with Crippen molar-refractivity contribution in [2.75, 3.05) is 5.33 Å². The zero-order valence-electron chi connectivity index (χ0n) is 13.4. The lowest BCUT2D eigenvalue weighted by molar-refractivity contribution is 0.456. The van der Waals surface area contributed by atoms with Crippen molar-refractivity contribution in [2.45, 2.75) is 38.1 Å². The smallest absolute Gasteiger partial charge is 0.258 e. The summed E-state index contributed by atoms with van der Waals surface area (Å²) < 4.78 is 0. The first-order chi connectivity index (χ1) is 10.5. The second kappa shape index (κ2) is 7.58. The Balaban J connectivity index is 2.46. The Labute approximate surface area is 143 Å². The fourth-order valence-electron chi connectivity index (χ4n) is 3.15. The molecule has 2 rings (SSSR count). The summed E-state index contributed by atoms with van der Waals surface area (Å²) in [6.45, 7) is 4.46. The van der Waals surface area contributed by atoms with Crippen LogP contribution in [-0.4, -0.2) is 18.4 Å². The minimum Gasteiger partial charge on any atom is -0.424 e. The number of hydrogen-bond donors (Lipinski definition) is 1. The highest BCUT2D eigenvalue weighted by atomic mass is 79.9. The average Bonchev–Trinajstić information content (AvgIpc) is 2.55. The second-order valence-corrected chi connectivity index (χ2v) is 11.2. The van der Waals surface area contributed by atoms with Crippen molar-refractivity contribution < 1.29 is 4.80 Å². The number of benzene rings is 2. The van der Waals surface area contributed by atoms with Crippen LogP contribution < -0.4 is 10.4 Å². The molecule has 0 saturated heterocycles. The molecule has 0 atom stereocenters. The Morgan fingerprint density at radius 2 is 1.32 bits per heavy atom. The SMILES string of the molecule is CC(C)(CCCCBr)[Si](O)(c1ccccc1)c1ccccc1. The van der Waals surface area contributed by atoms with Crippen LogP contribution in [0.2, 0.25) is 5.04 Å². The zero-order chi connectivity index (χ0) is 16.1. The van der Waals surface area contributed by atoms with E-state index in [4.69, 9.17) is 0 Å². The van der Waals surface area contributed by atoms with Gasteiger partial charge in [0.05, 0.1) is 0 Å². The van der Waals surface area contributed by atoms with E-state index in [-0.39, 0.29) is 5.04 Å². The molecule has 0 spiro atoms. The van der Waals surface area contributed by atoms with Crippen molar-refractivity contribution in [1.29, 1.82) is 0 Å². The van der Waals surface area contributed by atoms with Gasteiger partial charge < -0.3 is 4.80 Å². The molecule has 0 aliphatic heterocycles. The van der Waals surface area contributed by atoms with Crippen molar-refractivity contribution in [3.63, 3.8) is 0 Å². The second-order valence-electron chi connectivity index (χ2n) is 6.47. The van der Waals surface area contributed by atoms with Crippen LogP contribution in [0.5, 0.6) is 0 Å². The highest BCUT2D eigenvalue weighted by molar-refractivity contribution is 9.09. The van der Waals surface area contributed by atoms with E-state index in [0.29, 0.717) is 0 Å². The zero-order valence-corrected chi connectivity index (χ0v) is 16.0. The minimum absolute atomic E-state index is 0.113. The standard InChI is InChI=1S/C19H25BrOSi/c1-19(2,15-9-10-16-20)22(21,17-11-5-3-6-12-17)18-13-7-4-8-14-18/h3-8,11-14,21H,9-10,15-16H2,1-2H3. The Morgan fingerprint density at radius 3 is 1.73 bits per heavy atom. The average molecular weight is 377 g/mol. The van der Waals surface area contributed by atoms with Gasteiger partial charge in [-0.1, -0.05) is 96.9 Å². The summed E-state index contributed by atoms with van der Waals surface area (Å²) in [4.78, 5) is 11.9. The van der Waals surface area contributed by atoms with Gasteiger partial charge in [-0.25, -0.2) is 0 Å². The van der Waals surface area contributed by atoms with Gasteiger partial charge in [0.1, 0.15) is 0 Å². The van der Waals surface area contributed by atoms with Gasteiger partial charge in [0.15, 0.2) is 0 Å². The van der Waals surface area contributed by atoms with Gasteiger partial charge in [0.2, 0.25) is 0 Å². The molecule has 2 aromatic carbocycles. The quantitative estimate of drug-likeness (QED) is 0.438. The summed E-state index contributed by atoms with van der Waals surface area (Å²) in [6.07, 6.45) is 3.32. The van der Waals surface area contributed by atoms with E-state index in [2.05, 4.69) is 54.0 Å². The highest BCUT2D eigenvalue weighted by Crippen LogP contribution is 2.40. The molecule has 0 bridgehead atoms. The number of unbranched alkanes of at least 4 members (excludes halogenated alkanes) is 1. The van der Waals surface area contributed by atoms with Gasteiger partial charge in [0.25, 0.3) is 8.32 Å². The molecule has 0 fully saturated rings. The van der Waals surface area contributed by atoms with Crippen LogP contribution in [0.3, 0.4) is 0 Å². The fourth-order valence-corrected chi connectivity index (χ4v) is 7.33. The van der Waals surface area contributed by atoms with E-state index in [1.807, 2.05) is 36.4 Å². The molecule has 118 valence electrons. The Bertz CT molecular complexity index is 529. The molecule has 0 saturated carbocycles. The monoisotopic (exact) mass is 376 g/mol. The maximum Gasteiger partial charge on any atom is 0.258 e. The summed E-state index contributed by atoms with van der Waals surface area (Å²) in [5.74, 6) is 0. The van der Waals surface area contributed by atoms with Crippen LogP contribution in [-0.2, 0) is 0 Å². The molecule has 1 nitrogen and oxygen atoms in total. The van der Waals surface area contributed by atoms with Crippen molar-refractivity contribution in [1.82, 2.24) is 0 Å². The molecule has 1 N–H and O–H groups in total. The third kappa shape index (κ3) is 3.53. The van der Waals surface area contributed by atoms with Gasteiger partial charge in [-0.3, -0.25) is 0 Å². The maximum absolute atomic E-state index is 11.9. The molecule has 22 heavy (non-hydrogen) atoms. The molecule has 0 unspecified atom stereocenters. The van der Waals surface area contributed by atoms with Crippen molar-refractivity contribution >= 4 is 34.6 Å². The normalized spacial score (nSPS) is 12.4. The summed E-state index contributed by atoms with van der Waals surface area (Å²) in [5, 5.41) is 3.12. The molecule has 0 aliphatic rings. The lowest BCUT2D eigenvalue weighted by Gasteiger charge is -2.41. The van der Waals surface area contributed by atoms with Crippen molar-refractivity contribution in [2.24, 2.45) is 0 Å². The van der Waals surface area contributed by atoms with E-state index in [0.717, 1.165) is 35.0 Å². The van der Waals surface area contributed by atoms with Gasteiger partial charge >= 0.3 is 0 Å². The van der Waals surface area contributed by atoms with Crippen LogP contribution in [0.25, 0.3) is 0 Å². The lowest BCUT2D eigenvalue weighted by Crippen LogP contribution is -2.65. The molecule has 2 aromatic rings. The topological polar surface area (TPSA) is 20.2 Å². The number of hydrogen-bond acceptors (Lipinski definition) is 1. The lowest BCUT2D eigenvalue weighted by atomic mass is 10.1. The molecular weight excluding hydrogens is 352 g/mol. The van der Waals surface area contributed by atoms with Crippen LogP contribution in [0.15, 0.2) is 60.7 Å². The third-order valence-electron chi connectivity index (χ3n) is 4.55. The largest absolute Gasteiger partial charge is 0.424 e. The van der Waals surface area contributed by atoms with Crippen LogP contribution >= 0.6 is 15.9 Å². The van der Waals surface area contributed by atoms with Crippen LogP contribution in [0.1, 0.15) is 33.1 Å². The molecule has 0 aromatic heterocycles. The first-order valence-electron chi connectivity index (χ1n) is 7.92. The Kier molecular flexibility index (Phi) is 6.01. The summed E-state index contributed by atoms with van der Waals surface area (Å²) in [6, 6.07) is 20.5. The fraction of sp³-hybridized carbons (Fsp3) is 0.368. The van der Waals surface area contributed by atoms with Gasteiger partial charge in [-0.05, 0) is 28.3 Å². The first-order valence-corrected chi connectivity index (χ1v) is 11.0. The third-order valence-corrected chi connectivity index (χ3v) is 9.66. The summed E-state index contributed by atoms with van der Waals surface area (Å²) >= 11 is 3.51. The van der Waals surface area contributed by atoms with Gasteiger partial charge in [-0.2, -0.15) is 0 Å². The maximum atomic E-state index is 11.9. The summed E-state index contributed by atoms with van der Waals surface area (Å²) in [5.41, 5.74) is 0. The van der Waals surface area contributed by atoms with Crippen molar-refractivity contribution in [3.8, 4) is 0 Å². The Hall–Kier alpha value is -0.903. The molecule has 0 heterocycles. The predicted octanol–water partition coefficient (Wildman–Crippen LogP) is 4.08. The minimum atomic E-state index is -2.79. The molecule has 3 heteroatoms. The molecule has 0 aliphatic carbocycles. The molecular formula is C19H25BrOSi. The summed E-state index contributed by atoms with van der Waals surface area (Å²) in [7, 11) is -2.79.